The molecular formula is C24H19N3O2S. The van der Waals surface area contributed by atoms with Gasteiger partial charge in [-0.25, -0.2) is 13.6 Å². The number of nitrogens with zero attached hydrogens (tertiary/aromatic N) is 2. The highest BCUT2D eigenvalue weighted by Gasteiger charge is 2.10. The van der Waals surface area contributed by atoms with Crippen molar-refractivity contribution in [3.05, 3.63) is 96.2 Å². The fourth-order valence-corrected chi connectivity index (χ4v) is 3.77. The Morgan fingerprint density at radius 1 is 0.833 bits per heavy atom. The highest BCUT2D eigenvalue weighted by atomic mass is 32.2. The predicted octanol–water partition coefficient (Wildman–Crippen LogP) is 3.80. The third-order valence-corrected chi connectivity index (χ3v) is 5.62. The highest BCUT2D eigenvalue weighted by molar-refractivity contribution is 7.89. The molecule has 148 valence electrons. The van der Waals surface area contributed by atoms with Crippen molar-refractivity contribution in [2.75, 3.05) is 0 Å². The van der Waals surface area contributed by atoms with E-state index >= 15 is 0 Å². The Bertz CT molecular complexity index is 1360. The van der Waals surface area contributed by atoms with Crippen molar-refractivity contribution >= 4 is 10.0 Å². The second kappa shape index (κ2) is 7.99. The van der Waals surface area contributed by atoms with Gasteiger partial charge in [-0.1, -0.05) is 72.5 Å². The van der Waals surface area contributed by atoms with Gasteiger partial charge < -0.3 is 0 Å². The Morgan fingerprint density at radius 2 is 1.50 bits per heavy atom. The maximum absolute atomic E-state index is 11.5. The number of hydrogen-bond donors (Lipinski definition) is 1. The van der Waals surface area contributed by atoms with Gasteiger partial charge in [-0.05, 0) is 29.3 Å². The van der Waals surface area contributed by atoms with Crippen molar-refractivity contribution in [1.82, 2.24) is 9.78 Å². The lowest BCUT2D eigenvalue weighted by Crippen LogP contribution is -2.11. The van der Waals surface area contributed by atoms with Gasteiger partial charge in [-0.2, -0.15) is 5.10 Å². The van der Waals surface area contributed by atoms with E-state index in [9.17, 15) is 8.42 Å². The molecule has 1 heterocycles. The molecule has 0 radical (unpaired) electrons. The molecule has 2 N–H and O–H groups in total. The van der Waals surface area contributed by atoms with Gasteiger partial charge in [0.2, 0.25) is 10.0 Å². The number of primary sulfonamides is 1. The monoisotopic (exact) mass is 413 g/mol. The molecule has 0 aliphatic heterocycles. The average molecular weight is 414 g/mol. The topological polar surface area (TPSA) is 78.0 Å². The van der Waals surface area contributed by atoms with Crippen LogP contribution in [0.25, 0.3) is 22.4 Å². The lowest BCUT2D eigenvalue weighted by atomic mass is 10.0. The van der Waals surface area contributed by atoms with Gasteiger partial charge in [-0.15, -0.1) is 0 Å². The molecule has 0 saturated heterocycles. The quantitative estimate of drug-likeness (QED) is 0.519. The second-order valence-corrected chi connectivity index (χ2v) is 8.36. The van der Waals surface area contributed by atoms with E-state index in [1.165, 1.54) is 12.1 Å². The van der Waals surface area contributed by atoms with E-state index in [1.807, 2.05) is 37.4 Å². The number of hydrogen-bond acceptors (Lipinski definition) is 3. The molecule has 4 aromatic rings. The average Bonchev–Trinajstić information content (AvgIpc) is 3.13. The number of nitrogens with two attached hydrogens (primary N) is 1. The number of benzene rings is 3. The van der Waals surface area contributed by atoms with Crippen molar-refractivity contribution < 1.29 is 8.42 Å². The number of rotatable bonds is 3. The summed E-state index contributed by atoms with van der Waals surface area (Å²) in [6.45, 7) is 0. The van der Waals surface area contributed by atoms with Crippen LogP contribution in [0.3, 0.4) is 0 Å². The first-order valence-corrected chi connectivity index (χ1v) is 10.8. The summed E-state index contributed by atoms with van der Waals surface area (Å²) in [5, 5.41) is 9.54. The van der Waals surface area contributed by atoms with Crippen molar-refractivity contribution in [1.29, 1.82) is 0 Å². The summed E-state index contributed by atoms with van der Waals surface area (Å²) in [5.41, 5.74) is 5.50. The molecular weight excluding hydrogens is 394 g/mol. The molecule has 3 aromatic carbocycles. The summed E-state index contributed by atoms with van der Waals surface area (Å²) in [4.78, 5) is 0.0391. The summed E-state index contributed by atoms with van der Waals surface area (Å²) in [6.07, 6.45) is 1.71. The Balaban J connectivity index is 1.68. The minimum absolute atomic E-state index is 0.0391. The van der Waals surface area contributed by atoms with Crippen molar-refractivity contribution in [3.63, 3.8) is 0 Å². The van der Waals surface area contributed by atoms with E-state index in [0.29, 0.717) is 5.56 Å². The van der Waals surface area contributed by atoms with Crippen LogP contribution in [0.2, 0.25) is 0 Å². The van der Waals surface area contributed by atoms with Gasteiger partial charge in [0.1, 0.15) is 0 Å². The zero-order chi connectivity index (χ0) is 21.1. The molecule has 5 nitrogen and oxygen atoms in total. The third kappa shape index (κ3) is 4.18. The standard InChI is InChI=1S/C24H19N3O2S/c1-27-24(21-14-12-20(13-15-21)19-7-3-2-4-8-19)22(17-26-27)11-10-18-6-5-9-23(16-18)30(25,28)29/h2-9,12-17H,1H3,(H2,25,28,29). The molecule has 0 aliphatic carbocycles. The molecule has 0 bridgehead atoms. The van der Waals surface area contributed by atoms with Crippen LogP contribution in [0.1, 0.15) is 11.1 Å². The largest absolute Gasteiger partial charge is 0.267 e. The molecule has 0 amide bonds. The van der Waals surface area contributed by atoms with Crippen LogP contribution < -0.4 is 5.14 Å². The minimum atomic E-state index is -3.77. The van der Waals surface area contributed by atoms with Crippen LogP contribution in [0.4, 0.5) is 0 Å². The molecule has 0 fully saturated rings. The summed E-state index contributed by atoms with van der Waals surface area (Å²) >= 11 is 0. The van der Waals surface area contributed by atoms with Crippen LogP contribution in [-0.4, -0.2) is 18.2 Å². The number of sulfonamides is 1. The van der Waals surface area contributed by atoms with Crippen molar-refractivity contribution in [2.45, 2.75) is 4.90 Å². The fourth-order valence-electron chi connectivity index (χ4n) is 3.21. The number of aromatic nitrogens is 2. The van der Waals surface area contributed by atoms with Crippen LogP contribution in [-0.2, 0) is 17.1 Å². The van der Waals surface area contributed by atoms with Gasteiger partial charge in [-0.3, -0.25) is 4.68 Å². The Labute approximate surface area is 175 Å². The van der Waals surface area contributed by atoms with Crippen LogP contribution in [0.5, 0.6) is 0 Å². The third-order valence-electron chi connectivity index (χ3n) is 4.71. The highest BCUT2D eigenvalue weighted by Crippen LogP contribution is 2.26. The maximum atomic E-state index is 11.5. The van der Waals surface area contributed by atoms with E-state index in [1.54, 1.807) is 23.0 Å². The van der Waals surface area contributed by atoms with E-state index in [4.69, 9.17) is 5.14 Å². The minimum Gasteiger partial charge on any atom is -0.267 e. The Hall–Kier alpha value is -3.66. The second-order valence-electron chi connectivity index (χ2n) is 6.80. The first kappa shape index (κ1) is 19.6. The zero-order valence-corrected chi connectivity index (χ0v) is 17.1. The van der Waals surface area contributed by atoms with Gasteiger partial charge in [0.25, 0.3) is 0 Å². The van der Waals surface area contributed by atoms with Crippen LogP contribution in [0, 0.1) is 11.8 Å². The van der Waals surface area contributed by atoms with E-state index in [0.717, 1.165) is 27.9 Å². The molecule has 30 heavy (non-hydrogen) atoms. The normalized spacial score (nSPS) is 11.0. The lowest BCUT2D eigenvalue weighted by molar-refractivity contribution is 0.598. The molecule has 0 unspecified atom stereocenters. The Kier molecular flexibility index (Phi) is 5.23. The van der Waals surface area contributed by atoms with Crippen molar-refractivity contribution in [3.8, 4) is 34.2 Å². The number of aryl methyl sites for hydroxylation is 1. The molecule has 0 aliphatic rings. The predicted molar refractivity (Wildman–Crippen MR) is 118 cm³/mol. The lowest BCUT2D eigenvalue weighted by Gasteiger charge is -2.06. The molecule has 6 heteroatoms. The smallest absolute Gasteiger partial charge is 0.238 e. The van der Waals surface area contributed by atoms with E-state index in [2.05, 4.69) is 41.2 Å². The first-order chi connectivity index (χ1) is 14.4. The first-order valence-electron chi connectivity index (χ1n) is 9.24. The van der Waals surface area contributed by atoms with Crippen LogP contribution >= 0.6 is 0 Å². The SMILES string of the molecule is Cn1ncc(C#Cc2cccc(S(N)(=O)=O)c2)c1-c1ccc(-c2ccccc2)cc1. The van der Waals surface area contributed by atoms with Gasteiger partial charge in [0.05, 0.1) is 22.3 Å². The van der Waals surface area contributed by atoms with Gasteiger partial charge >= 0.3 is 0 Å². The van der Waals surface area contributed by atoms with Gasteiger partial charge in [0.15, 0.2) is 0 Å². The van der Waals surface area contributed by atoms with E-state index in [-0.39, 0.29) is 4.90 Å². The Morgan fingerprint density at radius 3 is 2.20 bits per heavy atom. The van der Waals surface area contributed by atoms with E-state index < -0.39 is 10.0 Å². The molecule has 1 aromatic heterocycles. The molecule has 4 rings (SSSR count). The summed E-state index contributed by atoms with van der Waals surface area (Å²) in [5.74, 6) is 6.12. The summed E-state index contributed by atoms with van der Waals surface area (Å²) < 4.78 is 24.9. The zero-order valence-electron chi connectivity index (χ0n) is 16.3. The summed E-state index contributed by atoms with van der Waals surface area (Å²) in [6, 6.07) is 24.7. The van der Waals surface area contributed by atoms with Crippen molar-refractivity contribution in [2.24, 2.45) is 12.2 Å². The molecule has 0 saturated carbocycles. The van der Waals surface area contributed by atoms with Crippen LogP contribution in [0.15, 0.2) is 90.0 Å². The molecule has 0 atom stereocenters. The fraction of sp³-hybridized carbons (Fsp3) is 0.0417. The molecule has 0 spiro atoms. The van der Waals surface area contributed by atoms with Gasteiger partial charge in [0, 0.05) is 18.2 Å². The maximum Gasteiger partial charge on any atom is 0.238 e. The summed E-state index contributed by atoms with van der Waals surface area (Å²) in [7, 11) is -1.90.